The quantitative estimate of drug-likeness (QED) is 0.674. The number of anilines is 1. The van der Waals surface area contributed by atoms with Crippen molar-refractivity contribution < 1.29 is 31.5 Å². The molecule has 0 aliphatic rings. The van der Waals surface area contributed by atoms with E-state index in [1.165, 1.54) is 6.92 Å². The molecular weight excluding hydrogens is 375 g/mol. The van der Waals surface area contributed by atoms with Crippen molar-refractivity contribution in [3.05, 3.63) is 53.2 Å². The lowest BCUT2D eigenvalue weighted by Gasteiger charge is -2.11. The second-order valence-corrected chi connectivity index (χ2v) is 5.39. The third-order valence-electron chi connectivity index (χ3n) is 3.50. The number of hydrogen-bond donors (Lipinski definition) is 1. The van der Waals surface area contributed by atoms with Crippen LogP contribution in [0.15, 0.2) is 30.5 Å². The summed E-state index contributed by atoms with van der Waals surface area (Å²) in [6, 6.07) is 3.76. The number of nitrogens with one attached hydrogen (secondary N) is 1. The number of amides is 1. The van der Waals surface area contributed by atoms with Gasteiger partial charge in [-0.3, -0.25) is 4.79 Å². The molecule has 0 aliphatic carbocycles. The Balaban J connectivity index is 1.98. The van der Waals surface area contributed by atoms with E-state index in [-0.39, 0.29) is 22.6 Å². The molecule has 3 aromatic rings. The smallest absolute Gasteiger partial charge is 0.387 e. The molecule has 0 fully saturated rings. The molecule has 11 heteroatoms. The van der Waals surface area contributed by atoms with Crippen LogP contribution in [0.25, 0.3) is 5.65 Å². The predicted molar refractivity (Wildman–Crippen MR) is 83.7 cm³/mol. The maximum absolute atomic E-state index is 13.2. The lowest BCUT2D eigenvalue weighted by atomic mass is 10.2. The molecule has 2 heterocycles. The fraction of sp³-hybridized carbons (Fsp3) is 0.188. The van der Waals surface area contributed by atoms with Crippen molar-refractivity contribution in [3.8, 4) is 5.75 Å². The summed E-state index contributed by atoms with van der Waals surface area (Å²) in [4.78, 5) is 16.5. The van der Waals surface area contributed by atoms with Crippen LogP contribution in [-0.4, -0.2) is 27.1 Å². The summed E-state index contributed by atoms with van der Waals surface area (Å²) in [6.45, 7) is -1.77. The number of alkyl halides is 4. The van der Waals surface area contributed by atoms with Gasteiger partial charge in [0.15, 0.2) is 11.4 Å². The number of hydrogen-bond acceptors (Lipinski definition) is 4. The van der Waals surface area contributed by atoms with Gasteiger partial charge in [0.05, 0.1) is 11.9 Å². The second-order valence-electron chi connectivity index (χ2n) is 5.39. The number of halogens is 5. The Morgan fingerprint density at radius 3 is 2.63 bits per heavy atom. The van der Waals surface area contributed by atoms with Crippen LogP contribution in [0.3, 0.4) is 0 Å². The maximum atomic E-state index is 13.2. The van der Waals surface area contributed by atoms with Gasteiger partial charge in [0, 0.05) is 11.8 Å². The molecular formula is C16H11F5N4O2. The van der Waals surface area contributed by atoms with Crippen LogP contribution in [0.5, 0.6) is 5.75 Å². The zero-order chi connectivity index (χ0) is 19.7. The third kappa shape index (κ3) is 3.81. The highest BCUT2D eigenvalue weighted by Crippen LogP contribution is 2.28. The van der Waals surface area contributed by atoms with E-state index in [9.17, 15) is 26.7 Å². The van der Waals surface area contributed by atoms with Crippen molar-refractivity contribution in [2.75, 3.05) is 5.32 Å². The average Bonchev–Trinajstić information content (AvgIpc) is 2.99. The molecule has 1 N–H and O–H groups in total. The van der Waals surface area contributed by atoms with Crippen LogP contribution >= 0.6 is 0 Å². The van der Waals surface area contributed by atoms with Gasteiger partial charge in [-0.25, -0.2) is 22.7 Å². The molecule has 2 aromatic heterocycles. The van der Waals surface area contributed by atoms with Crippen molar-refractivity contribution in [2.24, 2.45) is 0 Å². The van der Waals surface area contributed by atoms with Crippen LogP contribution in [0.1, 0.15) is 28.2 Å². The minimum atomic E-state index is -3.24. The van der Waals surface area contributed by atoms with Gasteiger partial charge in [0.1, 0.15) is 17.1 Å². The maximum Gasteiger partial charge on any atom is 0.387 e. The average molecular weight is 386 g/mol. The summed E-state index contributed by atoms with van der Waals surface area (Å²) in [6.07, 6.45) is -1.84. The highest BCUT2D eigenvalue weighted by molar-refractivity contribution is 6.08. The molecule has 0 spiro atoms. The molecule has 142 valence electrons. The van der Waals surface area contributed by atoms with Crippen molar-refractivity contribution in [3.63, 3.8) is 0 Å². The Kier molecular flexibility index (Phi) is 4.93. The first kappa shape index (κ1) is 18.5. The lowest BCUT2D eigenvalue weighted by Crippen LogP contribution is -2.14. The molecule has 0 unspecified atom stereocenters. The molecule has 0 bridgehead atoms. The van der Waals surface area contributed by atoms with Gasteiger partial charge in [0.2, 0.25) is 0 Å². The second kappa shape index (κ2) is 7.17. The van der Waals surface area contributed by atoms with Crippen LogP contribution in [-0.2, 0) is 0 Å². The summed E-state index contributed by atoms with van der Waals surface area (Å²) < 4.78 is 69.4. The molecule has 3 rings (SSSR count). The summed E-state index contributed by atoms with van der Waals surface area (Å²) in [5.41, 5.74) is -0.771. The van der Waals surface area contributed by atoms with E-state index in [0.29, 0.717) is 6.07 Å². The first-order chi connectivity index (χ1) is 12.8. The van der Waals surface area contributed by atoms with Crippen molar-refractivity contribution in [1.29, 1.82) is 0 Å². The van der Waals surface area contributed by atoms with E-state index >= 15 is 0 Å². The number of aryl methyl sites for hydroxylation is 1. The number of carbonyl (C=O) groups is 1. The molecule has 6 nitrogen and oxygen atoms in total. The minimum Gasteiger partial charge on any atom is -0.432 e. The number of aromatic nitrogens is 3. The van der Waals surface area contributed by atoms with Crippen molar-refractivity contribution >= 4 is 17.2 Å². The normalized spacial score (nSPS) is 11.4. The van der Waals surface area contributed by atoms with E-state index in [0.717, 1.165) is 28.9 Å². The number of fused-ring (bicyclic) bond motifs is 1. The Morgan fingerprint density at radius 2 is 1.96 bits per heavy atom. The summed E-state index contributed by atoms with van der Waals surface area (Å²) >= 11 is 0. The van der Waals surface area contributed by atoms with Crippen molar-refractivity contribution in [2.45, 2.75) is 20.0 Å². The summed E-state index contributed by atoms with van der Waals surface area (Å²) in [7, 11) is 0. The van der Waals surface area contributed by atoms with Crippen LogP contribution in [0.2, 0.25) is 0 Å². The topological polar surface area (TPSA) is 68.5 Å². The minimum absolute atomic E-state index is 0.138. The standard InChI is InChI=1S/C16H11F5N4O2/c1-7-4-11(13(18)19)25-14(23-7)9(6-22-25)15(26)24-10-3-2-8(17)5-12(10)27-16(20)21/h2-6,13,16H,1H3,(H,24,26). The van der Waals surface area contributed by atoms with Crippen molar-refractivity contribution in [1.82, 2.24) is 14.6 Å². The number of rotatable bonds is 5. The molecule has 1 amide bonds. The molecule has 1 aromatic carbocycles. The number of ether oxygens (including phenoxy) is 1. The van der Waals surface area contributed by atoms with Crippen LogP contribution < -0.4 is 10.1 Å². The Bertz CT molecular complexity index is 1010. The Labute approximate surface area is 148 Å². The first-order valence-corrected chi connectivity index (χ1v) is 7.45. The van der Waals surface area contributed by atoms with Gasteiger partial charge in [-0.05, 0) is 25.1 Å². The largest absolute Gasteiger partial charge is 0.432 e. The Hall–Kier alpha value is -3.24. The van der Waals surface area contributed by atoms with Gasteiger partial charge in [-0.1, -0.05) is 0 Å². The zero-order valence-corrected chi connectivity index (χ0v) is 13.6. The first-order valence-electron chi connectivity index (χ1n) is 7.45. The van der Waals surface area contributed by atoms with E-state index < -0.39 is 36.2 Å². The van der Waals surface area contributed by atoms with Gasteiger partial charge in [-0.15, -0.1) is 0 Å². The molecule has 27 heavy (non-hydrogen) atoms. The SMILES string of the molecule is Cc1cc(C(F)F)n2ncc(C(=O)Nc3ccc(F)cc3OC(F)F)c2n1. The molecule has 0 radical (unpaired) electrons. The van der Waals surface area contributed by atoms with E-state index in [1.54, 1.807) is 0 Å². The van der Waals surface area contributed by atoms with Crippen LogP contribution in [0, 0.1) is 12.7 Å². The lowest BCUT2D eigenvalue weighted by molar-refractivity contribution is -0.0495. The van der Waals surface area contributed by atoms with E-state index in [4.69, 9.17) is 0 Å². The number of benzene rings is 1. The fourth-order valence-corrected chi connectivity index (χ4v) is 2.41. The third-order valence-corrected chi connectivity index (χ3v) is 3.50. The number of nitrogens with zero attached hydrogens (tertiary/aromatic N) is 3. The monoisotopic (exact) mass is 386 g/mol. The Morgan fingerprint density at radius 1 is 1.22 bits per heavy atom. The molecule has 0 saturated heterocycles. The van der Waals surface area contributed by atoms with E-state index in [2.05, 4.69) is 20.1 Å². The zero-order valence-electron chi connectivity index (χ0n) is 13.6. The van der Waals surface area contributed by atoms with Gasteiger partial charge >= 0.3 is 6.61 Å². The van der Waals surface area contributed by atoms with Gasteiger partial charge < -0.3 is 10.1 Å². The van der Waals surface area contributed by atoms with Crippen LogP contribution in [0.4, 0.5) is 27.6 Å². The van der Waals surface area contributed by atoms with Gasteiger partial charge in [0.25, 0.3) is 12.3 Å². The number of carbonyl (C=O) groups excluding carboxylic acids is 1. The molecule has 0 atom stereocenters. The van der Waals surface area contributed by atoms with Gasteiger partial charge in [-0.2, -0.15) is 13.9 Å². The summed E-state index contributed by atoms with van der Waals surface area (Å²) in [5, 5.41) is 5.99. The predicted octanol–water partition coefficient (Wildman–Crippen LogP) is 3.97. The summed E-state index contributed by atoms with van der Waals surface area (Å²) in [5.74, 6) is -2.31. The fourth-order valence-electron chi connectivity index (χ4n) is 2.41. The van der Waals surface area contributed by atoms with E-state index in [1.807, 2.05) is 0 Å². The highest BCUT2D eigenvalue weighted by Gasteiger charge is 2.21. The highest BCUT2D eigenvalue weighted by atomic mass is 19.3. The molecule has 0 aliphatic heterocycles. The molecule has 0 saturated carbocycles.